The van der Waals surface area contributed by atoms with Crippen LogP contribution in [0.15, 0.2) is 48.5 Å². The highest BCUT2D eigenvalue weighted by Gasteiger charge is 2.05. The second-order valence-electron chi connectivity index (χ2n) is 6.22. The molecule has 0 radical (unpaired) electrons. The number of halogens is 1. The Kier molecular flexibility index (Phi) is 8.29. The maximum atomic E-state index is 12.8. The Hall–Kier alpha value is -2.89. The number of aryl methyl sites for hydroxylation is 1. The molecular weight excluding hydrogens is 347 g/mol. The highest BCUT2D eigenvalue weighted by atomic mass is 19.1. The summed E-state index contributed by atoms with van der Waals surface area (Å²) in [6, 6.07) is 13.6. The van der Waals surface area contributed by atoms with E-state index >= 15 is 0 Å². The summed E-state index contributed by atoms with van der Waals surface area (Å²) in [7, 11) is 0. The van der Waals surface area contributed by atoms with Gasteiger partial charge in [0, 0.05) is 19.5 Å². The third-order valence-corrected chi connectivity index (χ3v) is 3.95. The molecule has 0 aliphatic heterocycles. The van der Waals surface area contributed by atoms with E-state index in [0.29, 0.717) is 32.5 Å². The van der Waals surface area contributed by atoms with Crippen molar-refractivity contribution in [1.82, 2.24) is 10.6 Å². The largest absolute Gasteiger partial charge is 0.493 e. The molecule has 0 saturated heterocycles. The van der Waals surface area contributed by atoms with E-state index in [1.165, 1.54) is 12.1 Å². The van der Waals surface area contributed by atoms with Crippen molar-refractivity contribution in [2.75, 3.05) is 19.7 Å². The summed E-state index contributed by atoms with van der Waals surface area (Å²) in [5.41, 5.74) is 1.81. The van der Waals surface area contributed by atoms with Gasteiger partial charge >= 0.3 is 0 Å². The number of carbonyl (C=O) groups excluding carboxylic acids is 2. The zero-order chi connectivity index (χ0) is 19.5. The molecule has 6 heteroatoms. The van der Waals surface area contributed by atoms with Gasteiger partial charge in [-0.1, -0.05) is 30.3 Å². The Balaban J connectivity index is 1.52. The molecule has 2 amide bonds. The summed E-state index contributed by atoms with van der Waals surface area (Å²) in [5.74, 6) is 0.270. The lowest BCUT2D eigenvalue weighted by atomic mass is 10.1. The van der Waals surface area contributed by atoms with Crippen LogP contribution in [0, 0.1) is 12.7 Å². The second-order valence-corrected chi connectivity index (χ2v) is 6.22. The van der Waals surface area contributed by atoms with Crippen LogP contribution in [-0.2, 0) is 16.0 Å². The maximum Gasteiger partial charge on any atom is 0.224 e. The third-order valence-electron chi connectivity index (χ3n) is 3.95. The van der Waals surface area contributed by atoms with E-state index in [1.807, 2.05) is 31.2 Å². The quantitative estimate of drug-likeness (QED) is 0.630. The third kappa shape index (κ3) is 7.90. The van der Waals surface area contributed by atoms with Gasteiger partial charge in [-0.25, -0.2) is 4.39 Å². The molecule has 0 aliphatic carbocycles. The molecule has 2 aromatic rings. The fourth-order valence-electron chi connectivity index (χ4n) is 2.48. The van der Waals surface area contributed by atoms with Crippen LogP contribution in [0.4, 0.5) is 4.39 Å². The van der Waals surface area contributed by atoms with Crippen molar-refractivity contribution < 1.29 is 18.7 Å². The molecule has 2 aromatic carbocycles. The van der Waals surface area contributed by atoms with Crippen molar-refractivity contribution in [3.63, 3.8) is 0 Å². The van der Waals surface area contributed by atoms with Gasteiger partial charge in [-0.05, 0) is 42.7 Å². The van der Waals surface area contributed by atoms with Crippen molar-refractivity contribution in [1.29, 1.82) is 0 Å². The molecule has 0 spiro atoms. The van der Waals surface area contributed by atoms with E-state index < -0.39 is 0 Å². The van der Waals surface area contributed by atoms with Gasteiger partial charge in [0.15, 0.2) is 0 Å². The predicted octanol–water partition coefficient (Wildman–Crippen LogP) is 2.77. The zero-order valence-electron chi connectivity index (χ0n) is 15.5. The molecule has 2 N–H and O–H groups in total. The molecule has 27 heavy (non-hydrogen) atoms. The number of carbonyl (C=O) groups is 2. The normalized spacial score (nSPS) is 10.3. The fourth-order valence-corrected chi connectivity index (χ4v) is 2.48. The Labute approximate surface area is 158 Å². The van der Waals surface area contributed by atoms with Crippen molar-refractivity contribution in [3.05, 3.63) is 65.5 Å². The molecule has 0 bridgehead atoms. The summed E-state index contributed by atoms with van der Waals surface area (Å²) in [6.07, 6.45) is 1.18. The van der Waals surface area contributed by atoms with Crippen molar-refractivity contribution in [3.8, 4) is 5.75 Å². The lowest BCUT2D eigenvalue weighted by Gasteiger charge is -2.09. The second kappa shape index (κ2) is 11.0. The maximum absolute atomic E-state index is 12.8. The standard InChI is InChI=1S/C21H25FN2O3/c1-16-5-2-3-6-19(16)27-14-4-7-20(25)23-12-13-24-21(26)15-17-8-10-18(22)11-9-17/h2-3,5-6,8-11H,4,7,12-15H2,1H3,(H,23,25)(H,24,26). The van der Waals surface area contributed by atoms with Crippen LogP contribution in [0.25, 0.3) is 0 Å². The van der Waals surface area contributed by atoms with Crippen molar-refractivity contribution in [2.24, 2.45) is 0 Å². The zero-order valence-corrected chi connectivity index (χ0v) is 15.5. The molecule has 2 rings (SSSR count). The van der Waals surface area contributed by atoms with Gasteiger partial charge < -0.3 is 15.4 Å². The number of nitrogens with one attached hydrogen (secondary N) is 2. The fraction of sp³-hybridized carbons (Fsp3) is 0.333. The molecule has 0 aromatic heterocycles. The number of para-hydroxylation sites is 1. The van der Waals surface area contributed by atoms with E-state index in [-0.39, 0.29) is 24.1 Å². The van der Waals surface area contributed by atoms with Crippen LogP contribution in [-0.4, -0.2) is 31.5 Å². The van der Waals surface area contributed by atoms with Crippen LogP contribution in [0.3, 0.4) is 0 Å². The molecule has 0 atom stereocenters. The van der Waals surface area contributed by atoms with Gasteiger partial charge in [0.2, 0.25) is 11.8 Å². The highest BCUT2D eigenvalue weighted by molar-refractivity contribution is 5.78. The Morgan fingerprint density at radius 1 is 0.963 bits per heavy atom. The van der Waals surface area contributed by atoms with E-state index in [2.05, 4.69) is 10.6 Å². The van der Waals surface area contributed by atoms with E-state index in [4.69, 9.17) is 4.74 Å². The average Bonchev–Trinajstić information content (AvgIpc) is 2.65. The summed E-state index contributed by atoms with van der Waals surface area (Å²) >= 11 is 0. The van der Waals surface area contributed by atoms with Crippen LogP contribution in [0.1, 0.15) is 24.0 Å². The first kappa shape index (κ1) is 20.4. The van der Waals surface area contributed by atoms with Crippen LogP contribution >= 0.6 is 0 Å². The molecule has 0 heterocycles. The first-order chi connectivity index (χ1) is 13.0. The Morgan fingerprint density at radius 3 is 2.33 bits per heavy atom. The SMILES string of the molecule is Cc1ccccc1OCCCC(=O)NCCNC(=O)Cc1ccc(F)cc1. The minimum absolute atomic E-state index is 0.0730. The van der Waals surface area contributed by atoms with Crippen LogP contribution in [0.5, 0.6) is 5.75 Å². The lowest BCUT2D eigenvalue weighted by molar-refractivity contribution is -0.122. The topological polar surface area (TPSA) is 67.4 Å². The molecular formula is C21H25FN2O3. The van der Waals surface area contributed by atoms with Gasteiger partial charge in [-0.3, -0.25) is 9.59 Å². The number of amides is 2. The van der Waals surface area contributed by atoms with E-state index in [1.54, 1.807) is 12.1 Å². The Bertz CT molecular complexity index is 747. The first-order valence-corrected chi connectivity index (χ1v) is 9.01. The summed E-state index contributed by atoms with van der Waals surface area (Å²) in [6.45, 7) is 3.18. The number of rotatable bonds is 10. The van der Waals surface area contributed by atoms with Crippen molar-refractivity contribution in [2.45, 2.75) is 26.2 Å². The number of ether oxygens (including phenoxy) is 1. The average molecular weight is 372 g/mol. The highest BCUT2D eigenvalue weighted by Crippen LogP contribution is 2.16. The smallest absolute Gasteiger partial charge is 0.224 e. The monoisotopic (exact) mass is 372 g/mol. The van der Waals surface area contributed by atoms with Gasteiger partial charge in [0.1, 0.15) is 11.6 Å². The van der Waals surface area contributed by atoms with Gasteiger partial charge in [0.05, 0.1) is 13.0 Å². The summed E-state index contributed by atoms with van der Waals surface area (Å²) < 4.78 is 18.5. The molecule has 0 unspecified atom stereocenters. The summed E-state index contributed by atoms with van der Waals surface area (Å²) in [4.78, 5) is 23.6. The van der Waals surface area contributed by atoms with E-state index in [0.717, 1.165) is 16.9 Å². The molecule has 0 fully saturated rings. The predicted molar refractivity (Wildman–Crippen MR) is 102 cm³/mol. The molecule has 5 nitrogen and oxygen atoms in total. The number of hydrogen-bond acceptors (Lipinski definition) is 3. The summed E-state index contributed by atoms with van der Waals surface area (Å²) in [5, 5.41) is 5.48. The molecule has 144 valence electrons. The van der Waals surface area contributed by atoms with Crippen LogP contribution < -0.4 is 15.4 Å². The van der Waals surface area contributed by atoms with Gasteiger partial charge in [-0.15, -0.1) is 0 Å². The minimum atomic E-state index is -0.328. The number of benzene rings is 2. The molecule has 0 saturated carbocycles. The van der Waals surface area contributed by atoms with Gasteiger partial charge in [-0.2, -0.15) is 0 Å². The first-order valence-electron chi connectivity index (χ1n) is 9.01. The molecule has 0 aliphatic rings. The lowest BCUT2D eigenvalue weighted by Crippen LogP contribution is -2.35. The van der Waals surface area contributed by atoms with Crippen LogP contribution in [0.2, 0.25) is 0 Å². The minimum Gasteiger partial charge on any atom is -0.493 e. The van der Waals surface area contributed by atoms with Crippen molar-refractivity contribution >= 4 is 11.8 Å². The van der Waals surface area contributed by atoms with E-state index in [9.17, 15) is 14.0 Å². The Morgan fingerprint density at radius 2 is 1.63 bits per heavy atom. The van der Waals surface area contributed by atoms with Gasteiger partial charge in [0.25, 0.3) is 0 Å². The number of hydrogen-bond donors (Lipinski definition) is 2.